The molecule has 1 atom stereocenters. The minimum Gasteiger partial charge on any atom is -0.405 e. The lowest BCUT2D eigenvalue weighted by atomic mass is 10.2. The minimum atomic E-state index is 0.0252. The van der Waals surface area contributed by atoms with E-state index in [0.717, 1.165) is 19.4 Å². The summed E-state index contributed by atoms with van der Waals surface area (Å²) in [7, 11) is 0. The molecule has 2 aliphatic rings. The van der Waals surface area contributed by atoms with E-state index in [4.69, 9.17) is 9.15 Å². The molecular formula is C9H13N3O2. The van der Waals surface area contributed by atoms with Gasteiger partial charge in [-0.3, -0.25) is 0 Å². The van der Waals surface area contributed by atoms with Crippen LogP contribution in [0, 0.1) is 0 Å². The SMILES string of the molecule is C1CO[C@@H](c2nnc(NC3CC3)o2)C1. The molecule has 1 N–H and O–H groups in total. The van der Waals surface area contributed by atoms with Crippen LogP contribution < -0.4 is 5.32 Å². The van der Waals surface area contributed by atoms with Gasteiger partial charge in [0.1, 0.15) is 6.10 Å². The monoisotopic (exact) mass is 195 g/mol. The highest BCUT2D eigenvalue weighted by molar-refractivity contribution is 5.22. The molecule has 5 nitrogen and oxygen atoms in total. The molecule has 14 heavy (non-hydrogen) atoms. The Bertz CT molecular complexity index is 316. The summed E-state index contributed by atoms with van der Waals surface area (Å²) in [5.74, 6) is 0.616. The Balaban J connectivity index is 1.68. The Kier molecular flexibility index (Phi) is 1.90. The predicted molar refractivity (Wildman–Crippen MR) is 48.9 cm³/mol. The van der Waals surface area contributed by atoms with Crippen LogP contribution in [-0.4, -0.2) is 22.8 Å². The van der Waals surface area contributed by atoms with Gasteiger partial charge in [0.05, 0.1) is 0 Å². The molecule has 2 heterocycles. The Morgan fingerprint density at radius 2 is 2.14 bits per heavy atom. The van der Waals surface area contributed by atoms with E-state index in [2.05, 4.69) is 15.5 Å². The van der Waals surface area contributed by atoms with Gasteiger partial charge in [-0.2, -0.15) is 0 Å². The van der Waals surface area contributed by atoms with Crippen LogP contribution in [0.1, 0.15) is 37.7 Å². The highest BCUT2D eigenvalue weighted by atomic mass is 16.5. The second-order valence-corrected chi connectivity index (χ2v) is 3.87. The van der Waals surface area contributed by atoms with Crippen molar-refractivity contribution in [2.75, 3.05) is 11.9 Å². The highest BCUT2D eigenvalue weighted by Gasteiger charge is 2.26. The molecule has 0 bridgehead atoms. The van der Waals surface area contributed by atoms with Gasteiger partial charge < -0.3 is 14.5 Å². The fourth-order valence-electron chi connectivity index (χ4n) is 1.60. The van der Waals surface area contributed by atoms with Crippen LogP contribution in [-0.2, 0) is 4.74 Å². The third-order valence-electron chi connectivity index (χ3n) is 2.55. The largest absolute Gasteiger partial charge is 0.405 e. The van der Waals surface area contributed by atoms with E-state index in [9.17, 15) is 0 Å². The smallest absolute Gasteiger partial charge is 0.315 e. The standard InChI is InChI=1S/C9H13N3O2/c1-2-7(13-5-1)8-11-12-9(14-8)10-6-3-4-6/h6-7H,1-5H2,(H,10,12)/t7-/m1/s1. The molecule has 0 radical (unpaired) electrons. The predicted octanol–water partition coefficient (Wildman–Crippen LogP) is 1.50. The van der Waals surface area contributed by atoms with Crippen molar-refractivity contribution < 1.29 is 9.15 Å². The molecule has 1 aliphatic heterocycles. The van der Waals surface area contributed by atoms with Crippen LogP contribution in [0.25, 0.3) is 0 Å². The first kappa shape index (κ1) is 8.23. The second-order valence-electron chi connectivity index (χ2n) is 3.87. The number of ether oxygens (including phenoxy) is 1. The van der Waals surface area contributed by atoms with Crippen molar-refractivity contribution in [1.29, 1.82) is 0 Å². The van der Waals surface area contributed by atoms with Crippen molar-refractivity contribution >= 4 is 6.01 Å². The molecule has 1 aromatic heterocycles. The molecular weight excluding hydrogens is 182 g/mol. The van der Waals surface area contributed by atoms with E-state index in [1.165, 1.54) is 12.8 Å². The van der Waals surface area contributed by atoms with Crippen LogP contribution in [0.2, 0.25) is 0 Å². The van der Waals surface area contributed by atoms with Gasteiger partial charge in [0.2, 0.25) is 5.89 Å². The first-order valence-corrected chi connectivity index (χ1v) is 5.13. The normalized spacial score (nSPS) is 26.7. The molecule has 1 aromatic rings. The van der Waals surface area contributed by atoms with Gasteiger partial charge in [-0.25, -0.2) is 0 Å². The summed E-state index contributed by atoms with van der Waals surface area (Å²) < 4.78 is 10.9. The second kappa shape index (κ2) is 3.24. The lowest BCUT2D eigenvalue weighted by Crippen LogP contribution is -2.00. The number of hydrogen-bond acceptors (Lipinski definition) is 5. The summed E-state index contributed by atoms with van der Waals surface area (Å²) in [6.45, 7) is 0.804. The molecule has 0 aromatic carbocycles. The van der Waals surface area contributed by atoms with Crippen LogP contribution in [0.3, 0.4) is 0 Å². The van der Waals surface area contributed by atoms with E-state index in [0.29, 0.717) is 17.9 Å². The maximum Gasteiger partial charge on any atom is 0.315 e. The first-order chi connectivity index (χ1) is 6.92. The first-order valence-electron chi connectivity index (χ1n) is 5.13. The van der Waals surface area contributed by atoms with Crippen molar-refractivity contribution in [3.8, 4) is 0 Å². The third-order valence-corrected chi connectivity index (χ3v) is 2.55. The van der Waals surface area contributed by atoms with Crippen LogP contribution in [0.5, 0.6) is 0 Å². The summed E-state index contributed by atoms with van der Waals surface area (Å²) >= 11 is 0. The topological polar surface area (TPSA) is 60.2 Å². The van der Waals surface area contributed by atoms with E-state index >= 15 is 0 Å². The van der Waals surface area contributed by atoms with Gasteiger partial charge in [-0.05, 0) is 25.7 Å². The maximum absolute atomic E-state index is 5.46. The lowest BCUT2D eigenvalue weighted by Gasteiger charge is -2.01. The molecule has 5 heteroatoms. The number of nitrogens with one attached hydrogen (secondary N) is 1. The van der Waals surface area contributed by atoms with Crippen molar-refractivity contribution in [3.63, 3.8) is 0 Å². The Morgan fingerprint density at radius 3 is 2.86 bits per heavy atom. The number of aromatic nitrogens is 2. The van der Waals surface area contributed by atoms with Crippen LogP contribution in [0.15, 0.2) is 4.42 Å². The van der Waals surface area contributed by atoms with Gasteiger partial charge in [-0.1, -0.05) is 5.10 Å². The van der Waals surface area contributed by atoms with Crippen LogP contribution >= 0.6 is 0 Å². The molecule has 1 saturated heterocycles. The van der Waals surface area contributed by atoms with E-state index in [-0.39, 0.29) is 6.10 Å². The fourth-order valence-corrected chi connectivity index (χ4v) is 1.60. The zero-order valence-corrected chi connectivity index (χ0v) is 7.90. The molecule has 0 spiro atoms. The van der Waals surface area contributed by atoms with Crippen molar-refractivity contribution in [1.82, 2.24) is 10.2 Å². The zero-order chi connectivity index (χ0) is 9.38. The summed E-state index contributed by atoms with van der Waals surface area (Å²) in [6, 6.07) is 1.09. The zero-order valence-electron chi connectivity index (χ0n) is 7.90. The van der Waals surface area contributed by atoms with Gasteiger partial charge in [0.25, 0.3) is 0 Å². The average Bonchev–Trinajstić information content (AvgIpc) is 2.71. The quantitative estimate of drug-likeness (QED) is 0.791. The van der Waals surface area contributed by atoms with E-state index < -0.39 is 0 Å². The summed E-state index contributed by atoms with van der Waals surface area (Å²) in [5.41, 5.74) is 0. The summed E-state index contributed by atoms with van der Waals surface area (Å²) in [4.78, 5) is 0. The molecule has 1 aliphatic carbocycles. The Morgan fingerprint density at radius 1 is 1.21 bits per heavy atom. The number of hydrogen-bond donors (Lipinski definition) is 1. The molecule has 1 saturated carbocycles. The van der Waals surface area contributed by atoms with Gasteiger partial charge in [-0.15, -0.1) is 5.10 Å². The van der Waals surface area contributed by atoms with E-state index in [1.54, 1.807) is 0 Å². The number of anilines is 1. The molecule has 0 amide bonds. The minimum absolute atomic E-state index is 0.0252. The molecule has 2 fully saturated rings. The average molecular weight is 195 g/mol. The molecule has 76 valence electrons. The highest BCUT2D eigenvalue weighted by Crippen LogP contribution is 2.29. The van der Waals surface area contributed by atoms with Gasteiger partial charge in [0.15, 0.2) is 0 Å². The van der Waals surface area contributed by atoms with E-state index in [1.807, 2.05) is 0 Å². The number of rotatable bonds is 3. The Labute approximate surface area is 81.8 Å². The lowest BCUT2D eigenvalue weighted by molar-refractivity contribution is 0.0897. The molecule has 3 rings (SSSR count). The fraction of sp³-hybridized carbons (Fsp3) is 0.778. The number of nitrogens with zero attached hydrogens (tertiary/aromatic N) is 2. The summed E-state index contributed by atoms with van der Waals surface area (Å²) in [5, 5.41) is 11.1. The third kappa shape index (κ3) is 1.59. The van der Waals surface area contributed by atoms with Crippen molar-refractivity contribution in [2.45, 2.75) is 37.8 Å². The van der Waals surface area contributed by atoms with Gasteiger partial charge >= 0.3 is 6.01 Å². The van der Waals surface area contributed by atoms with Gasteiger partial charge in [0, 0.05) is 12.6 Å². The van der Waals surface area contributed by atoms with Crippen molar-refractivity contribution in [3.05, 3.63) is 5.89 Å². The maximum atomic E-state index is 5.46. The molecule has 0 unspecified atom stereocenters. The summed E-state index contributed by atoms with van der Waals surface area (Å²) in [6.07, 6.45) is 4.51. The Hall–Kier alpha value is -1.10. The van der Waals surface area contributed by atoms with Crippen LogP contribution in [0.4, 0.5) is 6.01 Å². The van der Waals surface area contributed by atoms with Crippen molar-refractivity contribution in [2.24, 2.45) is 0 Å².